The minimum Gasteiger partial charge on any atom is -0.481 e. The highest BCUT2D eigenvalue weighted by molar-refractivity contribution is 5.67. The minimum atomic E-state index is -1.03. The highest BCUT2D eigenvalue weighted by Gasteiger charge is 2.17. The van der Waals surface area contributed by atoms with Gasteiger partial charge in [-0.2, -0.15) is 4.98 Å². The van der Waals surface area contributed by atoms with Crippen molar-refractivity contribution in [3.8, 4) is 11.8 Å². The van der Waals surface area contributed by atoms with Gasteiger partial charge in [-0.25, -0.2) is 4.79 Å². The van der Waals surface area contributed by atoms with Crippen LogP contribution in [0.1, 0.15) is 32.8 Å². The molecule has 0 bridgehead atoms. The van der Waals surface area contributed by atoms with Crippen LogP contribution in [-0.2, 0) is 11.3 Å². The number of aromatic nitrogens is 1. The molecule has 138 valence electrons. The van der Waals surface area contributed by atoms with E-state index in [0.29, 0.717) is 17.9 Å². The van der Waals surface area contributed by atoms with Crippen LogP contribution in [0.4, 0.5) is 4.79 Å². The molecule has 1 aromatic rings. The maximum absolute atomic E-state index is 11.7. The lowest BCUT2D eigenvalue weighted by molar-refractivity contribution is -0.0172. The van der Waals surface area contributed by atoms with Crippen LogP contribution in [0.25, 0.3) is 0 Å². The molecule has 0 aliphatic rings. The summed E-state index contributed by atoms with van der Waals surface area (Å²) >= 11 is 0. The molecule has 1 heterocycles. The second-order valence-corrected chi connectivity index (χ2v) is 6.15. The van der Waals surface area contributed by atoms with Gasteiger partial charge in [-0.1, -0.05) is 24.8 Å². The minimum absolute atomic E-state index is 0.190. The first-order chi connectivity index (χ1) is 11.7. The molecule has 0 aliphatic carbocycles. The first-order valence-electron chi connectivity index (χ1n) is 7.88. The molecule has 1 rings (SSSR count). The molecule has 0 spiro atoms. The van der Waals surface area contributed by atoms with Crippen LogP contribution >= 0.6 is 0 Å². The summed E-state index contributed by atoms with van der Waals surface area (Å²) in [6, 6.07) is 3.29. The maximum Gasteiger partial charge on any atom is 0.407 e. The van der Waals surface area contributed by atoms with E-state index in [2.05, 4.69) is 16.9 Å². The number of hydrogen-bond acceptors (Lipinski definition) is 6. The molecule has 0 aromatic carbocycles. The van der Waals surface area contributed by atoms with Crippen LogP contribution in [0.3, 0.4) is 0 Å². The number of aliphatic hydroxyl groups excluding tert-OH is 1. The predicted molar refractivity (Wildman–Crippen MR) is 94.5 cm³/mol. The van der Waals surface area contributed by atoms with Gasteiger partial charge in [-0.05, 0) is 26.8 Å². The monoisotopic (exact) mass is 350 g/mol. The predicted octanol–water partition coefficient (Wildman–Crippen LogP) is 2.94. The van der Waals surface area contributed by atoms with E-state index in [9.17, 15) is 9.90 Å². The quantitative estimate of drug-likeness (QED) is 0.553. The standard InChI is InChI=1S/C18H26N2O5/c1-6-7-8-9-15(21)24-14-11-10-13(16(20-14)23-5)12-19-17(22)25-18(2,3)4/h6-8,10-11,15,21H,1,9,12H2,2-5H3,(H,19,22)/b8-7-. The van der Waals surface area contributed by atoms with Crippen molar-refractivity contribution < 1.29 is 24.1 Å². The van der Waals surface area contributed by atoms with E-state index in [1.54, 1.807) is 51.1 Å². The van der Waals surface area contributed by atoms with Crippen LogP contribution in [-0.4, -0.2) is 35.2 Å². The van der Waals surface area contributed by atoms with Crippen molar-refractivity contribution in [1.82, 2.24) is 10.3 Å². The number of rotatable bonds is 8. The fourth-order valence-electron chi connectivity index (χ4n) is 1.79. The SMILES string of the molecule is C=C/C=C\CC(O)Oc1ccc(CNC(=O)OC(C)(C)C)c(OC)n1. The number of allylic oxidation sites excluding steroid dienone is 2. The molecule has 0 saturated heterocycles. The number of amides is 1. The Morgan fingerprint density at radius 1 is 1.44 bits per heavy atom. The number of methoxy groups -OCH3 is 1. The third kappa shape index (κ3) is 8.21. The molecule has 1 aromatic heterocycles. The Bertz CT molecular complexity index is 608. The summed E-state index contributed by atoms with van der Waals surface area (Å²) in [5.41, 5.74) is 0.0853. The summed E-state index contributed by atoms with van der Waals surface area (Å²) in [6.07, 6.45) is 3.80. The van der Waals surface area contributed by atoms with Crippen LogP contribution in [0.2, 0.25) is 0 Å². The fraction of sp³-hybridized carbons (Fsp3) is 0.444. The Hall–Kier alpha value is -2.54. The van der Waals surface area contributed by atoms with E-state index < -0.39 is 18.0 Å². The van der Waals surface area contributed by atoms with Crippen molar-refractivity contribution in [3.63, 3.8) is 0 Å². The van der Waals surface area contributed by atoms with E-state index in [1.165, 1.54) is 7.11 Å². The van der Waals surface area contributed by atoms with E-state index in [0.717, 1.165) is 0 Å². The first-order valence-corrected chi connectivity index (χ1v) is 7.88. The number of alkyl carbamates (subject to hydrolysis) is 1. The van der Waals surface area contributed by atoms with E-state index in [1.807, 2.05) is 0 Å². The number of pyridine rings is 1. The number of nitrogens with zero attached hydrogens (tertiary/aromatic N) is 1. The lowest BCUT2D eigenvalue weighted by atomic mass is 10.2. The van der Waals surface area contributed by atoms with E-state index in [-0.39, 0.29) is 12.4 Å². The summed E-state index contributed by atoms with van der Waals surface area (Å²) in [6.45, 7) is 9.10. The number of carbonyl (C=O) groups excluding carboxylic acids is 1. The van der Waals surface area contributed by atoms with Gasteiger partial charge in [-0.3, -0.25) is 0 Å². The summed E-state index contributed by atoms with van der Waals surface area (Å²) in [5, 5.41) is 12.4. The average molecular weight is 350 g/mol. The highest BCUT2D eigenvalue weighted by atomic mass is 16.6. The van der Waals surface area contributed by atoms with Crippen LogP contribution in [0.5, 0.6) is 11.8 Å². The van der Waals surface area contributed by atoms with Gasteiger partial charge < -0.3 is 24.6 Å². The zero-order chi connectivity index (χ0) is 18.9. The molecule has 0 fully saturated rings. The molecule has 2 N–H and O–H groups in total. The molecule has 0 radical (unpaired) electrons. The van der Waals surface area contributed by atoms with Crippen LogP contribution < -0.4 is 14.8 Å². The van der Waals surface area contributed by atoms with Crippen molar-refractivity contribution in [3.05, 3.63) is 42.5 Å². The second kappa shape index (κ2) is 9.68. The molecule has 1 atom stereocenters. The lowest BCUT2D eigenvalue weighted by Crippen LogP contribution is -2.32. The number of aliphatic hydroxyl groups is 1. The molecule has 0 aliphatic heterocycles. The van der Waals surface area contributed by atoms with Gasteiger partial charge in [0.1, 0.15) is 5.60 Å². The molecule has 7 nitrogen and oxygen atoms in total. The molecular formula is C18H26N2O5. The summed E-state index contributed by atoms with van der Waals surface area (Å²) < 4.78 is 15.7. The zero-order valence-electron chi connectivity index (χ0n) is 15.1. The third-order valence-electron chi connectivity index (χ3n) is 2.80. The maximum atomic E-state index is 11.7. The Kier molecular flexibility index (Phi) is 7.94. The van der Waals surface area contributed by atoms with Gasteiger partial charge in [-0.15, -0.1) is 0 Å². The van der Waals surface area contributed by atoms with Gasteiger partial charge in [0, 0.05) is 18.1 Å². The van der Waals surface area contributed by atoms with Crippen molar-refractivity contribution in [2.45, 2.75) is 45.6 Å². The fourth-order valence-corrected chi connectivity index (χ4v) is 1.79. The van der Waals surface area contributed by atoms with Crippen molar-refractivity contribution in [2.75, 3.05) is 7.11 Å². The van der Waals surface area contributed by atoms with Crippen molar-refractivity contribution in [2.24, 2.45) is 0 Å². The third-order valence-corrected chi connectivity index (χ3v) is 2.80. The Morgan fingerprint density at radius 2 is 2.16 bits per heavy atom. The van der Waals surface area contributed by atoms with Gasteiger partial charge >= 0.3 is 6.09 Å². The summed E-state index contributed by atoms with van der Waals surface area (Å²) in [5.74, 6) is 0.514. The largest absolute Gasteiger partial charge is 0.481 e. The molecule has 1 amide bonds. The van der Waals surface area contributed by atoms with Gasteiger partial charge in [0.25, 0.3) is 0 Å². The average Bonchev–Trinajstić information content (AvgIpc) is 2.52. The smallest absolute Gasteiger partial charge is 0.407 e. The highest BCUT2D eigenvalue weighted by Crippen LogP contribution is 2.21. The first kappa shape index (κ1) is 20.5. The number of hydrogen-bond donors (Lipinski definition) is 2. The second-order valence-electron chi connectivity index (χ2n) is 6.15. The topological polar surface area (TPSA) is 89.9 Å². The van der Waals surface area contributed by atoms with Crippen LogP contribution in [0, 0.1) is 0 Å². The van der Waals surface area contributed by atoms with E-state index in [4.69, 9.17) is 14.2 Å². The zero-order valence-corrected chi connectivity index (χ0v) is 15.1. The van der Waals surface area contributed by atoms with Gasteiger partial charge in [0.2, 0.25) is 18.1 Å². The van der Waals surface area contributed by atoms with Gasteiger partial charge in [0.15, 0.2) is 0 Å². The van der Waals surface area contributed by atoms with Crippen LogP contribution in [0.15, 0.2) is 36.9 Å². The molecule has 7 heteroatoms. The molecule has 25 heavy (non-hydrogen) atoms. The number of carbonyl (C=O) groups is 1. The Balaban J connectivity index is 2.67. The molecule has 0 saturated carbocycles. The lowest BCUT2D eigenvalue weighted by Gasteiger charge is -2.20. The summed E-state index contributed by atoms with van der Waals surface area (Å²) in [7, 11) is 1.46. The number of ether oxygens (including phenoxy) is 3. The van der Waals surface area contributed by atoms with Crippen molar-refractivity contribution in [1.29, 1.82) is 0 Å². The van der Waals surface area contributed by atoms with Gasteiger partial charge in [0.05, 0.1) is 13.7 Å². The molecular weight excluding hydrogens is 324 g/mol. The number of nitrogens with one attached hydrogen (secondary N) is 1. The Labute approximate surface area is 148 Å². The molecule has 1 unspecified atom stereocenters. The van der Waals surface area contributed by atoms with Crippen molar-refractivity contribution >= 4 is 6.09 Å². The normalized spacial score (nSPS) is 12.5. The Morgan fingerprint density at radius 3 is 2.76 bits per heavy atom. The summed E-state index contributed by atoms with van der Waals surface area (Å²) in [4.78, 5) is 15.9. The van der Waals surface area contributed by atoms with E-state index >= 15 is 0 Å².